The molecule has 1 aromatic rings. The van der Waals surface area contributed by atoms with Crippen molar-refractivity contribution in [1.82, 2.24) is 0 Å². The summed E-state index contributed by atoms with van der Waals surface area (Å²) in [5, 5.41) is 0.816. The molecule has 0 saturated carbocycles. The minimum atomic E-state index is 0.223. The van der Waals surface area contributed by atoms with Gasteiger partial charge >= 0.3 is 0 Å². The third-order valence-corrected chi connectivity index (χ3v) is 4.61. The van der Waals surface area contributed by atoms with Crippen molar-refractivity contribution in [1.29, 1.82) is 0 Å². The standard InChI is InChI=1S/C17H27ClN2/c1-3-5-13-8-9-20(12-13)17-7-6-15(18)10-14(17)11-16(19)4-2/h6-7,10,13,16H,3-5,8-9,11-12,19H2,1-2H3. The molecule has 1 aliphatic heterocycles. The highest BCUT2D eigenvalue weighted by atomic mass is 35.5. The van der Waals surface area contributed by atoms with Gasteiger partial charge in [-0.3, -0.25) is 0 Å². The number of halogens is 1. The van der Waals surface area contributed by atoms with Crippen LogP contribution in [0, 0.1) is 5.92 Å². The first kappa shape index (κ1) is 15.7. The molecule has 3 heteroatoms. The molecule has 0 aromatic heterocycles. The first-order chi connectivity index (χ1) is 9.63. The van der Waals surface area contributed by atoms with Crippen molar-refractivity contribution < 1.29 is 0 Å². The van der Waals surface area contributed by atoms with Crippen LogP contribution in [0.2, 0.25) is 5.02 Å². The molecule has 0 amide bonds. The SMILES string of the molecule is CCCC1CCN(c2ccc(Cl)cc2CC(N)CC)C1. The van der Waals surface area contributed by atoms with Gasteiger partial charge < -0.3 is 10.6 Å². The van der Waals surface area contributed by atoms with Crippen molar-refractivity contribution in [2.75, 3.05) is 18.0 Å². The van der Waals surface area contributed by atoms with E-state index in [1.807, 2.05) is 6.07 Å². The molecule has 1 fully saturated rings. The van der Waals surface area contributed by atoms with Crippen LogP contribution < -0.4 is 10.6 Å². The van der Waals surface area contributed by atoms with Crippen molar-refractivity contribution in [3.05, 3.63) is 28.8 Å². The summed E-state index contributed by atoms with van der Waals surface area (Å²) in [6.45, 7) is 6.77. The highest BCUT2D eigenvalue weighted by molar-refractivity contribution is 6.30. The summed E-state index contributed by atoms with van der Waals surface area (Å²) in [6.07, 6.45) is 5.86. The van der Waals surface area contributed by atoms with Crippen LogP contribution in [0.1, 0.15) is 45.1 Å². The number of hydrogen-bond acceptors (Lipinski definition) is 2. The maximum atomic E-state index is 6.17. The molecule has 112 valence electrons. The average molecular weight is 295 g/mol. The van der Waals surface area contributed by atoms with Gasteiger partial charge in [0.05, 0.1) is 0 Å². The van der Waals surface area contributed by atoms with Crippen molar-refractivity contribution >= 4 is 17.3 Å². The van der Waals surface area contributed by atoms with Crippen LogP contribution in [0.15, 0.2) is 18.2 Å². The second-order valence-corrected chi connectivity index (χ2v) is 6.47. The average Bonchev–Trinajstić information content (AvgIpc) is 2.87. The Morgan fingerprint density at radius 3 is 2.90 bits per heavy atom. The molecule has 2 nitrogen and oxygen atoms in total. The molecule has 2 rings (SSSR count). The number of benzene rings is 1. The number of nitrogens with two attached hydrogens (primary N) is 1. The first-order valence-corrected chi connectivity index (χ1v) is 8.30. The van der Waals surface area contributed by atoms with Crippen LogP contribution in [0.5, 0.6) is 0 Å². The summed E-state index contributed by atoms with van der Waals surface area (Å²) in [7, 11) is 0. The van der Waals surface area contributed by atoms with Gasteiger partial charge in [-0.25, -0.2) is 0 Å². The van der Waals surface area contributed by atoms with Gasteiger partial charge in [0, 0.05) is 29.8 Å². The molecular weight excluding hydrogens is 268 g/mol. The summed E-state index contributed by atoms with van der Waals surface area (Å²) in [6, 6.07) is 6.50. The van der Waals surface area contributed by atoms with Gasteiger partial charge in [0.25, 0.3) is 0 Å². The molecule has 0 aliphatic carbocycles. The fourth-order valence-corrected chi connectivity index (χ4v) is 3.34. The smallest absolute Gasteiger partial charge is 0.0410 e. The Labute approximate surface area is 128 Å². The Morgan fingerprint density at radius 2 is 2.20 bits per heavy atom. The number of rotatable bonds is 6. The van der Waals surface area contributed by atoms with Crippen LogP contribution in [0.25, 0.3) is 0 Å². The minimum Gasteiger partial charge on any atom is -0.371 e. The summed E-state index contributed by atoms with van der Waals surface area (Å²) >= 11 is 6.17. The van der Waals surface area contributed by atoms with E-state index in [0.717, 1.165) is 23.8 Å². The van der Waals surface area contributed by atoms with Crippen LogP contribution in [-0.4, -0.2) is 19.1 Å². The van der Waals surface area contributed by atoms with E-state index in [-0.39, 0.29) is 6.04 Å². The van der Waals surface area contributed by atoms with Crippen LogP contribution in [0.3, 0.4) is 0 Å². The predicted molar refractivity (Wildman–Crippen MR) is 88.7 cm³/mol. The van der Waals surface area contributed by atoms with Gasteiger partial charge in [0.2, 0.25) is 0 Å². The second kappa shape index (κ2) is 7.33. The van der Waals surface area contributed by atoms with E-state index in [1.165, 1.54) is 43.6 Å². The number of hydrogen-bond donors (Lipinski definition) is 1. The lowest BCUT2D eigenvalue weighted by molar-refractivity contribution is 0.529. The lowest BCUT2D eigenvalue weighted by Gasteiger charge is -2.23. The molecule has 0 radical (unpaired) electrons. The second-order valence-electron chi connectivity index (χ2n) is 6.03. The molecular formula is C17H27ClN2. The van der Waals surface area contributed by atoms with Crippen molar-refractivity contribution in [3.63, 3.8) is 0 Å². The van der Waals surface area contributed by atoms with E-state index in [9.17, 15) is 0 Å². The van der Waals surface area contributed by atoms with Crippen molar-refractivity contribution in [2.24, 2.45) is 11.7 Å². The summed E-state index contributed by atoms with van der Waals surface area (Å²) in [5.74, 6) is 0.850. The Balaban J connectivity index is 2.14. The van der Waals surface area contributed by atoms with Crippen LogP contribution in [0.4, 0.5) is 5.69 Å². The molecule has 2 atom stereocenters. The van der Waals surface area contributed by atoms with E-state index in [4.69, 9.17) is 17.3 Å². The van der Waals surface area contributed by atoms with Crippen molar-refractivity contribution in [3.8, 4) is 0 Å². The van der Waals surface area contributed by atoms with Gasteiger partial charge in [0.15, 0.2) is 0 Å². The highest BCUT2D eigenvalue weighted by Crippen LogP contribution is 2.31. The zero-order chi connectivity index (χ0) is 14.5. The van der Waals surface area contributed by atoms with E-state index >= 15 is 0 Å². The lowest BCUT2D eigenvalue weighted by atomic mass is 10.0. The molecule has 1 aromatic carbocycles. The Kier molecular flexibility index (Phi) is 5.74. The minimum absolute atomic E-state index is 0.223. The molecule has 1 aliphatic rings. The van der Waals surface area contributed by atoms with E-state index in [2.05, 4.69) is 30.9 Å². The zero-order valence-electron chi connectivity index (χ0n) is 12.7. The third kappa shape index (κ3) is 3.89. The Morgan fingerprint density at radius 1 is 1.40 bits per heavy atom. The predicted octanol–water partition coefficient (Wildman–Crippen LogP) is 4.25. The molecule has 20 heavy (non-hydrogen) atoms. The number of anilines is 1. The Bertz CT molecular complexity index is 433. The summed E-state index contributed by atoms with van der Waals surface area (Å²) in [5.41, 5.74) is 8.79. The largest absolute Gasteiger partial charge is 0.371 e. The van der Waals surface area contributed by atoms with E-state index in [1.54, 1.807) is 0 Å². The van der Waals surface area contributed by atoms with Gasteiger partial charge in [-0.1, -0.05) is 31.9 Å². The summed E-state index contributed by atoms with van der Waals surface area (Å²) < 4.78 is 0. The maximum Gasteiger partial charge on any atom is 0.0410 e. The molecule has 1 heterocycles. The quantitative estimate of drug-likeness (QED) is 0.850. The monoisotopic (exact) mass is 294 g/mol. The first-order valence-electron chi connectivity index (χ1n) is 7.93. The third-order valence-electron chi connectivity index (χ3n) is 4.37. The number of nitrogens with zero attached hydrogens (tertiary/aromatic N) is 1. The lowest BCUT2D eigenvalue weighted by Crippen LogP contribution is -2.25. The van der Waals surface area contributed by atoms with Crippen molar-refractivity contribution in [2.45, 2.75) is 52.0 Å². The topological polar surface area (TPSA) is 29.3 Å². The van der Waals surface area contributed by atoms with Crippen LogP contribution in [-0.2, 0) is 6.42 Å². The molecule has 0 spiro atoms. The van der Waals surface area contributed by atoms with E-state index in [0.29, 0.717) is 0 Å². The molecule has 2 N–H and O–H groups in total. The maximum absolute atomic E-state index is 6.17. The van der Waals surface area contributed by atoms with Gasteiger partial charge in [-0.2, -0.15) is 0 Å². The zero-order valence-corrected chi connectivity index (χ0v) is 13.5. The van der Waals surface area contributed by atoms with Gasteiger partial charge in [-0.05, 0) is 55.4 Å². The molecule has 2 unspecified atom stereocenters. The van der Waals surface area contributed by atoms with Gasteiger partial charge in [-0.15, -0.1) is 0 Å². The van der Waals surface area contributed by atoms with E-state index < -0.39 is 0 Å². The molecule has 1 saturated heterocycles. The molecule has 0 bridgehead atoms. The highest BCUT2D eigenvalue weighted by Gasteiger charge is 2.23. The normalized spacial score (nSPS) is 20.4. The fourth-order valence-electron chi connectivity index (χ4n) is 3.15. The van der Waals surface area contributed by atoms with Crippen LogP contribution >= 0.6 is 11.6 Å². The summed E-state index contributed by atoms with van der Waals surface area (Å²) in [4.78, 5) is 2.52. The Hall–Kier alpha value is -0.730. The fraction of sp³-hybridized carbons (Fsp3) is 0.647. The van der Waals surface area contributed by atoms with Gasteiger partial charge in [0.1, 0.15) is 0 Å².